The second kappa shape index (κ2) is 13.2. The molecule has 43 heavy (non-hydrogen) atoms. The second-order valence-corrected chi connectivity index (χ2v) is 11.2. The minimum atomic E-state index is -0.535. The maximum atomic E-state index is 13.9. The number of thiophene rings is 1. The third kappa shape index (κ3) is 6.32. The molecule has 5 rings (SSSR count). The summed E-state index contributed by atoms with van der Waals surface area (Å²) in [7, 11) is 1.29. The Kier molecular flexibility index (Phi) is 9.22. The van der Waals surface area contributed by atoms with Crippen molar-refractivity contribution in [2.75, 3.05) is 25.2 Å². The molecular formula is C32H32N4O5S2. The van der Waals surface area contributed by atoms with E-state index in [1.165, 1.54) is 16.9 Å². The number of anilines is 1. The largest absolute Gasteiger partial charge is 0.494 e. The average Bonchev–Trinajstić information content (AvgIpc) is 3.71. The monoisotopic (exact) mass is 616 g/mol. The van der Waals surface area contributed by atoms with Crippen molar-refractivity contribution in [2.45, 2.75) is 33.4 Å². The van der Waals surface area contributed by atoms with E-state index in [0.717, 1.165) is 33.3 Å². The molecule has 2 aromatic carbocycles. The van der Waals surface area contributed by atoms with Crippen molar-refractivity contribution in [1.82, 2.24) is 14.8 Å². The molecule has 1 fully saturated rings. The van der Waals surface area contributed by atoms with Gasteiger partial charge in [-0.3, -0.25) is 19.3 Å². The van der Waals surface area contributed by atoms with Gasteiger partial charge in [0, 0.05) is 22.0 Å². The van der Waals surface area contributed by atoms with E-state index >= 15 is 0 Å². The summed E-state index contributed by atoms with van der Waals surface area (Å²) < 4.78 is 12.4. The zero-order chi connectivity index (χ0) is 30.5. The molecule has 2 amide bonds. The highest BCUT2D eigenvalue weighted by Gasteiger charge is 2.40. The number of benzene rings is 2. The highest BCUT2D eigenvalue weighted by molar-refractivity contribution is 7.80. The van der Waals surface area contributed by atoms with Crippen molar-refractivity contribution in [1.29, 1.82) is 0 Å². The fourth-order valence-corrected chi connectivity index (χ4v) is 6.06. The standard InChI is InChI=1S/C32H32N4O5S2/c1-4-21-8-6-10-26-22(18-34(30(21)26)19-28(37)33-17-25-9-7-15-43-25)16-27-31(39)36(32(42)35(27)20-29(38)40-3)23-11-13-24(14-12-23)41-5-2/h6-16,18H,4-5,17,19-20H2,1-3H3,(H,33,37)/b27-16-. The number of hydrogen-bond donors (Lipinski definition) is 1. The Morgan fingerprint density at radius 2 is 1.84 bits per heavy atom. The minimum Gasteiger partial charge on any atom is -0.494 e. The quantitative estimate of drug-likeness (QED) is 0.142. The van der Waals surface area contributed by atoms with Crippen molar-refractivity contribution < 1.29 is 23.9 Å². The summed E-state index contributed by atoms with van der Waals surface area (Å²) >= 11 is 7.31. The molecule has 1 N–H and O–H groups in total. The van der Waals surface area contributed by atoms with Gasteiger partial charge in [-0.25, -0.2) is 0 Å². The first-order chi connectivity index (χ1) is 20.8. The van der Waals surface area contributed by atoms with Crippen LogP contribution in [0.3, 0.4) is 0 Å². The number of fused-ring (bicyclic) bond motifs is 1. The highest BCUT2D eigenvalue weighted by atomic mass is 32.1. The summed E-state index contributed by atoms with van der Waals surface area (Å²) in [6.45, 7) is 4.82. The molecule has 11 heteroatoms. The summed E-state index contributed by atoms with van der Waals surface area (Å²) in [4.78, 5) is 43.3. The average molecular weight is 617 g/mol. The van der Waals surface area contributed by atoms with E-state index in [0.29, 0.717) is 24.6 Å². The van der Waals surface area contributed by atoms with E-state index in [9.17, 15) is 14.4 Å². The van der Waals surface area contributed by atoms with E-state index in [4.69, 9.17) is 21.7 Å². The van der Waals surface area contributed by atoms with Crippen molar-refractivity contribution >= 4 is 69.1 Å². The summed E-state index contributed by atoms with van der Waals surface area (Å²) in [6, 6.07) is 16.9. The molecule has 0 aliphatic carbocycles. The lowest BCUT2D eigenvalue weighted by atomic mass is 10.1. The number of esters is 1. The Labute approximate surface area is 259 Å². The molecule has 1 saturated heterocycles. The number of aromatic nitrogens is 1. The molecule has 0 radical (unpaired) electrons. The lowest BCUT2D eigenvalue weighted by Gasteiger charge is -2.19. The number of amides is 2. The van der Waals surface area contributed by atoms with Crippen LogP contribution in [0, 0.1) is 0 Å². The summed E-state index contributed by atoms with van der Waals surface area (Å²) in [5.41, 5.74) is 3.50. The Morgan fingerprint density at radius 1 is 1.05 bits per heavy atom. The lowest BCUT2D eigenvalue weighted by Crippen LogP contribution is -2.35. The number of ether oxygens (including phenoxy) is 2. The van der Waals surface area contributed by atoms with Gasteiger partial charge in [0.05, 0.1) is 31.5 Å². The first-order valence-electron chi connectivity index (χ1n) is 13.9. The van der Waals surface area contributed by atoms with Gasteiger partial charge in [-0.1, -0.05) is 31.2 Å². The molecule has 0 atom stereocenters. The van der Waals surface area contributed by atoms with Crippen LogP contribution in [-0.4, -0.2) is 52.6 Å². The number of nitrogens with one attached hydrogen (secondary N) is 1. The third-order valence-electron chi connectivity index (χ3n) is 7.10. The van der Waals surface area contributed by atoms with Crippen LogP contribution in [0.5, 0.6) is 5.75 Å². The van der Waals surface area contributed by atoms with E-state index in [2.05, 4.69) is 12.2 Å². The third-order valence-corrected chi connectivity index (χ3v) is 8.38. The molecule has 0 saturated carbocycles. The van der Waals surface area contributed by atoms with Gasteiger partial charge in [0.1, 0.15) is 24.5 Å². The fourth-order valence-electron chi connectivity index (χ4n) is 5.06. The van der Waals surface area contributed by atoms with E-state index in [1.54, 1.807) is 41.7 Å². The van der Waals surface area contributed by atoms with E-state index < -0.39 is 5.97 Å². The smallest absolute Gasteiger partial charge is 0.325 e. The SMILES string of the molecule is CCOc1ccc(N2C(=O)/C(=C/c3cn(CC(=O)NCc4cccs4)c4c(CC)cccc34)N(CC(=O)OC)C2=S)cc1. The first-order valence-corrected chi connectivity index (χ1v) is 15.2. The number of thiocarbonyl (C=S) groups is 1. The van der Waals surface area contributed by atoms with Gasteiger partial charge in [-0.15, -0.1) is 11.3 Å². The van der Waals surface area contributed by atoms with Crippen molar-refractivity contribution in [2.24, 2.45) is 0 Å². The van der Waals surface area contributed by atoms with Crippen molar-refractivity contribution in [3.63, 3.8) is 0 Å². The number of nitrogens with zero attached hydrogens (tertiary/aromatic N) is 3. The molecule has 2 aromatic heterocycles. The lowest BCUT2D eigenvalue weighted by molar-refractivity contribution is -0.140. The molecular weight excluding hydrogens is 585 g/mol. The van der Waals surface area contributed by atoms with Gasteiger partial charge in [0.15, 0.2) is 5.11 Å². The minimum absolute atomic E-state index is 0.110. The Balaban J connectivity index is 1.53. The predicted octanol–water partition coefficient (Wildman–Crippen LogP) is 5.13. The fraction of sp³-hybridized carbons (Fsp3) is 0.250. The van der Waals surface area contributed by atoms with Crippen LogP contribution in [0.15, 0.2) is 71.9 Å². The van der Waals surface area contributed by atoms with E-state index in [1.807, 2.05) is 53.4 Å². The van der Waals surface area contributed by atoms with Crippen LogP contribution in [0.25, 0.3) is 17.0 Å². The van der Waals surface area contributed by atoms with Gasteiger partial charge >= 0.3 is 5.97 Å². The topological polar surface area (TPSA) is 93.1 Å². The molecule has 4 aromatic rings. The van der Waals surface area contributed by atoms with Gasteiger partial charge in [0.2, 0.25) is 5.91 Å². The zero-order valence-corrected chi connectivity index (χ0v) is 25.8. The van der Waals surface area contributed by atoms with Crippen LogP contribution < -0.4 is 15.0 Å². The normalized spacial score (nSPS) is 14.2. The molecule has 0 bridgehead atoms. The Hall–Kier alpha value is -4.48. The van der Waals surface area contributed by atoms with Crippen molar-refractivity contribution in [3.05, 3.63) is 87.9 Å². The Morgan fingerprint density at radius 3 is 2.51 bits per heavy atom. The summed E-state index contributed by atoms with van der Waals surface area (Å²) in [5.74, 6) is -0.362. The number of carbonyl (C=O) groups is 3. The molecule has 9 nitrogen and oxygen atoms in total. The van der Waals surface area contributed by atoms with Crippen LogP contribution >= 0.6 is 23.6 Å². The van der Waals surface area contributed by atoms with Gasteiger partial charge in [-0.05, 0) is 72.9 Å². The van der Waals surface area contributed by atoms with E-state index in [-0.39, 0.29) is 35.7 Å². The second-order valence-electron chi connectivity index (χ2n) is 9.78. The van der Waals surface area contributed by atoms with Crippen molar-refractivity contribution in [3.8, 4) is 5.75 Å². The summed E-state index contributed by atoms with van der Waals surface area (Å²) in [5, 5.41) is 6.01. The number of rotatable bonds is 11. The van der Waals surface area contributed by atoms with Gasteiger partial charge in [-0.2, -0.15) is 0 Å². The number of carbonyl (C=O) groups excluding carboxylic acids is 3. The number of hydrogen-bond acceptors (Lipinski definition) is 7. The molecule has 1 aliphatic rings. The van der Waals surface area contributed by atoms with Crippen LogP contribution in [0.2, 0.25) is 0 Å². The zero-order valence-electron chi connectivity index (χ0n) is 24.2. The Bertz CT molecular complexity index is 1690. The predicted molar refractivity (Wildman–Crippen MR) is 172 cm³/mol. The number of aryl methyl sites for hydroxylation is 1. The number of methoxy groups -OCH3 is 1. The highest BCUT2D eigenvalue weighted by Crippen LogP contribution is 2.33. The maximum Gasteiger partial charge on any atom is 0.325 e. The van der Waals surface area contributed by atoms with Gasteiger partial charge < -0.3 is 24.3 Å². The summed E-state index contributed by atoms with van der Waals surface area (Å²) in [6.07, 6.45) is 4.36. The molecule has 3 heterocycles. The molecule has 1 aliphatic heterocycles. The molecule has 222 valence electrons. The molecule has 0 unspecified atom stereocenters. The maximum absolute atomic E-state index is 13.9. The molecule has 0 spiro atoms. The first kappa shape index (κ1) is 30.0. The van der Waals surface area contributed by atoms with Crippen LogP contribution in [0.4, 0.5) is 5.69 Å². The van der Waals surface area contributed by atoms with Crippen LogP contribution in [-0.2, 0) is 38.6 Å². The van der Waals surface area contributed by atoms with Crippen LogP contribution in [0.1, 0.15) is 29.9 Å². The van der Waals surface area contributed by atoms with Gasteiger partial charge in [0.25, 0.3) is 5.91 Å². The number of para-hydroxylation sites is 1.